The number of methoxy groups -OCH3 is 1. The van der Waals surface area contributed by atoms with Crippen LogP contribution in [0.1, 0.15) is 22.9 Å². The smallest absolute Gasteiger partial charge is 0.134 e. The van der Waals surface area contributed by atoms with Crippen LogP contribution in [-0.2, 0) is 0 Å². The van der Waals surface area contributed by atoms with Crippen LogP contribution >= 0.6 is 0 Å². The van der Waals surface area contributed by atoms with Gasteiger partial charge in [-0.3, -0.25) is 0 Å². The largest absolute Gasteiger partial charge is 0.497 e. The minimum Gasteiger partial charge on any atom is -0.497 e. The van der Waals surface area contributed by atoms with Crippen LogP contribution in [0.2, 0.25) is 0 Å². The van der Waals surface area contributed by atoms with Crippen LogP contribution in [0.5, 0.6) is 5.75 Å². The van der Waals surface area contributed by atoms with E-state index in [4.69, 9.17) is 14.9 Å². The normalized spacial score (nSPS) is 12.6. The van der Waals surface area contributed by atoms with Crippen molar-refractivity contribution >= 4 is 11.0 Å². The van der Waals surface area contributed by atoms with Crippen LogP contribution in [0.3, 0.4) is 0 Å². The number of hydrogen-bond donors (Lipinski definition) is 1. The van der Waals surface area contributed by atoms with E-state index in [1.165, 1.54) is 6.07 Å². The first-order chi connectivity index (χ1) is 10.1. The third-order valence-electron chi connectivity index (χ3n) is 3.70. The standard InChI is InChI=1S/C17H16FNO2/c1-10-13-9-11(20-2)7-8-15(13)21-17(10)16(19)12-5-3-4-6-14(12)18/h3-9,16H,19H2,1-2H3. The third kappa shape index (κ3) is 2.28. The van der Waals surface area contributed by atoms with Gasteiger partial charge in [0.15, 0.2) is 0 Å². The van der Waals surface area contributed by atoms with Crippen LogP contribution in [0.15, 0.2) is 46.9 Å². The molecule has 1 atom stereocenters. The lowest BCUT2D eigenvalue weighted by molar-refractivity contribution is 0.415. The minimum atomic E-state index is -0.635. The summed E-state index contributed by atoms with van der Waals surface area (Å²) in [5.74, 6) is 0.989. The van der Waals surface area contributed by atoms with Crippen molar-refractivity contribution in [2.45, 2.75) is 13.0 Å². The average Bonchev–Trinajstić information content (AvgIpc) is 2.83. The molecule has 3 nitrogen and oxygen atoms in total. The van der Waals surface area contributed by atoms with Crippen molar-refractivity contribution in [1.82, 2.24) is 0 Å². The molecule has 3 rings (SSSR count). The Morgan fingerprint density at radius 2 is 1.95 bits per heavy atom. The summed E-state index contributed by atoms with van der Waals surface area (Å²) in [5, 5.41) is 0.927. The Kier molecular flexibility index (Phi) is 3.39. The fraction of sp³-hybridized carbons (Fsp3) is 0.176. The Hall–Kier alpha value is -2.33. The van der Waals surface area contributed by atoms with Crippen molar-refractivity contribution in [3.63, 3.8) is 0 Å². The van der Waals surface area contributed by atoms with Gasteiger partial charge in [0.05, 0.1) is 13.2 Å². The summed E-state index contributed by atoms with van der Waals surface area (Å²) in [5.41, 5.74) is 8.23. The molecule has 0 fully saturated rings. The number of rotatable bonds is 3. The van der Waals surface area contributed by atoms with Crippen molar-refractivity contribution < 1.29 is 13.5 Å². The Bertz CT molecular complexity index is 795. The molecule has 1 unspecified atom stereocenters. The average molecular weight is 285 g/mol. The molecule has 0 bridgehead atoms. The lowest BCUT2D eigenvalue weighted by atomic mass is 10.0. The van der Waals surface area contributed by atoms with E-state index in [0.717, 1.165) is 22.3 Å². The van der Waals surface area contributed by atoms with Gasteiger partial charge in [0.25, 0.3) is 0 Å². The van der Waals surface area contributed by atoms with Crippen molar-refractivity contribution in [3.8, 4) is 5.75 Å². The minimum absolute atomic E-state index is 0.331. The van der Waals surface area contributed by atoms with Crippen LogP contribution in [0.25, 0.3) is 11.0 Å². The van der Waals surface area contributed by atoms with Crippen molar-refractivity contribution in [1.29, 1.82) is 0 Å². The van der Waals surface area contributed by atoms with Crippen LogP contribution in [0, 0.1) is 12.7 Å². The Labute approximate surface area is 122 Å². The molecule has 0 amide bonds. The molecule has 0 radical (unpaired) electrons. The first-order valence-corrected chi connectivity index (χ1v) is 6.69. The lowest BCUT2D eigenvalue weighted by Crippen LogP contribution is -2.13. The van der Waals surface area contributed by atoms with Gasteiger partial charge in [-0.05, 0) is 31.2 Å². The van der Waals surface area contributed by atoms with E-state index < -0.39 is 6.04 Å². The number of aryl methyl sites for hydroxylation is 1. The van der Waals surface area contributed by atoms with Gasteiger partial charge in [-0.2, -0.15) is 0 Å². The van der Waals surface area contributed by atoms with E-state index in [1.54, 1.807) is 25.3 Å². The van der Waals surface area contributed by atoms with Crippen LogP contribution < -0.4 is 10.5 Å². The zero-order valence-corrected chi connectivity index (χ0v) is 11.9. The van der Waals surface area contributed by atoms with E-state index >= 15 is 0 Å². The topological polar surface area (TPSA) is 48.4 Å². The monoisotopic (exact) mass is 285 g/mol. The fourth-order valence-corrected chi connectivity index (χ4v) is 2.51. The highest BCUT2D eigenvalue weighted by Crippen LogP contribution is 2.34. The maximum absolute atomic E-state index is 13.9. The molecule has 0 spiro atoms. The third-order valence-corrected chi connectivity index (χ3v) is 3.70. The molecule has 2 aromatic carbocycles. The molecule has 0 aliphatic rings. The molecule has 0 aliphatic carbocycles. The first kappa shape index (κ1) is 13.6. The van der Waals surface area contributed by atoms with Crippen molar-refractivity contribution in [2.24, 2.45) is 5.73 Å². The fourth-order valence-electron chi connectivity index (χ4n) is 2.51. The molecule has 0 saturated heterocycles. The van der Waals surface area contributed by atoms with Gasteiger partial charge < -0.3 is 14.9 Å². The molecule has 0 aliphatic heterocycles. The Morgan fingerprint density at radius 3 is 2.67 bits per heavy atom. The maximum Gasteiger partial charge on any atom is 0.134 e. The molecule has 2 N–H and O–H groups in total. The number of halogens is 1. The van der Waals surface area contributed by atoms with Gasteiger partial charge in [0, 0.05) is 16.5 Å². The van der Waals surface area contributed by atoms with E-state index in [-0.39, 0.29) is 5.82 Å². The highest BCUT2D eigenvalue weighted by Gasteiger charge is 2.21. The summed E-state index contributed by atoms with van der Waals surface area (Å²) in [7, 11) is 1.61. The molecule has 0 saturated carbocycles. The number of benzene rings is 2. The van der Waals surface area contributed by atoms with Gasteiger partial charge in [-0.25, -0.2) is 4.39 Å². The summed E-state index contributed by atoms with van der Waals surface area (Å²) >= 11 is 0. The number of fused-ring (bicyclic) bond motifs is 1. The van der Waals surface area contributed by atoms with Crippen LogP contribution in [0.4, 0.5) is 4.39 Å². The first-order valence-electron chi connectivity index (χ1n) is 6.69. The highest BCUT2D eigenvalue weighted by atomic mass is 19.1. The summed E-state index contributed by atoms with van der Waals surface area (Å²) < 4.78 is 24.9. The second kappa shape index (κ2) is 5.22. The molecular weight excluding hydrogens is 269 g/mol. The molecule has 3 aromatic rings. The predicted octanol–water partition coefficient (Wildman–Crippen LogP) is 3.94. The van der Waals surface area contributed by atoms with E-state index in [1.807, 2.05) is 25.1 Å². The molecule has 108 valence electrons. The second-order valence-electron chi connectivity index (χ2n) is 4.95. The number of furan rings is 1. The molecule has 1 aromatic heterocycles. The summed E-state index contributed by atoms with van der Waals surface area (Å²) in [6.07, 6.45) is 0. The summed E-state index contributed by atoms with van der Waals surface area (Å²) in [6, 6.07) is 11.4. The maximum atomic E-state index is 13.9. The predicted molar refractivity (Wildman–Crippen MR) is 79.9 cm³/mol. The summed E-state index contributed by atoms with van der Waals surface area (Å²) in [6.45, 7) is 1.92. The molecular formula is C17H16FNO2. The van der Waals surface area contributed by atoms with Gasteiger partial charge in [0.1, 0.15) is 22.9 Å². The van der Waals surface area contributed by atoms with E-state index in [2.05, 4.69) is 0 Å². The van der Waals surface area contributed by atoms with Crippen LogP contribution in [-0.4, -0.2) is 7.11 Å². The number of nitrogens with two attached hydrogens (primary N) is 1. The van der Waals surface area contributed by atoms with Crippen molar-refractivity contribution in [3.05, 3.63) is 65.2 Å². The zero-order chi connectivity index (χ0) is 15.0. The number of hydrogen-bond acceptors (Lipinski definition) is 3. The summed E-state index contributed by atoms with van der Waals surface area (Å²) in [4.78, 5) is 0. The van der Waals surface area contributed by atoms with Gasteiger partial charge in [-0.15, -0.1) is 0 Å². The van der Waals surface area contributed by atoms with Gasteiger partial charge in [0.2, 0.25) is 0 Å². The highest BCUT2D eigenvalue weighted by molar-refractivity contribution is 5.83. The quantitative estimate of drug-likeness (QED) is 0.793. The van der Waals surface area contributed by atoms with E-state index in [9.17, 15) is 4.39 Å². The molecule has 21 heavy (non-hydrogen) atoms. The molecule has 4 heteroatoms. The number of ether oxygens (including phenoxy) is 1. The molecule has 1 heterocycles. The SMILES string of the molecule is COc1ccc2oc(C(N)c3ccccc3F)c(C)c2c1. The Balaban J connectivity index is 2.12. The van der Waals surface area contributed by atoms with Crippen molar-refractivity contribution in [2.75, 3.05) is 7.11 Å². The lowest BCUT2D eigenvalue weighted by Gasteiger charge is -2.11. The second-order valence-corrected chi connectivity index (χ2v) is 4.95. The van der Waals surface area contributed by atoms with Gasteiger partial charge in [-0.1, -0.05) is 18.2 Å². The zero-order valence-electron chi connectivity index (χ0n) is 11.9. The van der Waals surface area contributed by atoms with E-state index in [0.29, 0.717) is 11.3 Å². The van der Waals surface area contributed by atoms with Gasteiger partial charge >= 0.3 is 0 Å². The Morgan fingerprint density at radius 1 is 1.19 bits per heavy atom.